The van der Waals surface area contributed by atoms with Crippen molar-refractivity contribution in [2.24, 2.45) is 0 Å². The monoisotopic (exact) mass is 385 g/mol. The maximum Gasteiger partial charge on any atom is 0.273 e. The lowest BCUT2D eigenvalue weighted by atomic mass is 10.1. The highest BCUT2D eigenvalue weighted by Gasteiger charge is 2.19. The van der Waals surface area contributed by atoms with E-state index in [9.17, 15) is 18.5 Å². The topological polar surface area (TPSA) is 111 Å². The lowest BCUT2D eigenvalue weighted by molar-refractivity contribution is -0.384. The number of rotatable bonds is 6. The molecule has 3 aromatic rings. The number of nitro benzene ring substituents is 1. The Balaban J connectivity index is 1.88. The zero-order valence-electron chi connectivity index (χ0n) is 14.2. The van der Waals surface area contributed by atoms with Crippen LogP contribution in [0.5, 0.6) is 5.75 Å². The van der Waals surface area contributed by atoms with Gasteiger partial charge in [0.15, 0.2) is 0 Å². The number of nitrogens with zero attached hydrogens (tertiary/aromatic N) is 2. The second-order valence-corrected chi connectivity index (χ2v) is 7.20. The normalized spacial score (nSPS) is 11.0. The van der Waals surface area contributed by atoms with Gasteiger partial charge in [0.1, 0.15) is 5.75 Å². The van der Waals surface area contributed by atoms with Crippen LogP contribution in [0.1, 0.15) is 0 Å². The quantitative estimate of drug-likeness (QED) is 0.514. The van der Waals surface area contributed by atoms with E-state index in [-0.39, 0.29) is 22.0 Å². The molecule has 0 spiro atoms. The van der Waals surface area contributed by atoms with Crippen LogP contribution in [0.25, 0.3) is 11.1 Å². The lowest BCUT2D eigenvalue weighted by Gasteiger charge is -2.12. The summed E-state index contributed by atoms with van der Waals surface area (Å²) in [4.78, 5) is 14.3. The molecule has 9 heteroatoms. The Kier molecular flexibility index (Phi) is 5.04. The Hall–Kier alpha value is -3.46. The number of non-ortho nitro benzene ring substituents is 1. The summed E-state index contributed by atoms with van der Waals surface area (Å²) in [5, 5.41) is 10.8. The fourth-order valence-electron chi connectivity index (χ4n) is 2.44. The van der Waals surface area contributed by atoms with Crippen LogP contribution in [0, 0.1) is 10.1 Å². The minimum atomic E-state index is -3.89. The van der Waals surface area contributed by atoms with Gasteiger partial charge in [-0.05, 0) is 35.4 Å². The number of nitro groups is 1. The molecule has 0 unspecified atom stereocenters. The molecule has 0 aliphatic carbocycles. The average Bonchev–Trinajstić information content (AvgIpc) is 2.68. The Morgan fingerprint density at radius 1 is 1.07 bits per heavy atom. The van der Waals surface area contributed by atoms with Gasteiger partial charge >= 0.3 is 0 Å². The van der Waals surface area contributed by atoms with Gasteiger partial charge in [-0.2, -0.15) is 0 Å². The predicted molar refractivity (Wildman–Crippen MR) is 100 cm³/mol. The molecule has 1 heterocycles. The van der Waals surface area contributed by atoms with Gasteiger partial charge in [-0.15, -0.1) is 0 Å². The molecule has 0 saturated heterocycles. The SMILES string of the molecule is COc1cc([N+](=O)[O-])ccc1NS(=O)(=O)c1ccc(-c2cccnc2)cc1. The summed E-state index contributed by atoms with van der Waals surface area (Å²) in [6, 6.07) is 13.6. The third-order valence-corrected chi connectivity index (χ3v) is 5.18. The van der Waals surface area contributed by atoms with Crippen molar-refractivity contribution in [2.45, 2.75) is 4.90 Å². The van der Waals surface area contributed by atoms with Crippen LogP contribution in [0.2, 0.25) is 0 Å². The van der Waals surface area contributed by atoms with Crippen LogP contribution >= 0.6 is 0 Å². The van der Waals surface area contributed by atoms with Crippen molar-refractivity contribution in [1.82, 2.24) is 4.98 Å². The second-order valence-electron chi connectivity index (χ2n) is 5.51. The first kappa shape index (κ1) is 18.3. The van der Waals surface area contributed by atoms with Gasteiger partial charge in [0, 0.05) is 18.5 Å². The second kappa shape index (κ2) is 7.42. The predicted octanol–water partition coefficient (Wildman–Crippen LogP) is 3.47. The van der Waals surface area contributed by atoms with E-state index >= 15 is 0 Å². The van der Waals surface area contributed by atoms with Gasteiger partial charge in [0.05, 0.1) is 28.7 Å². The summed E-state index contributed by atoms with van der Waals surface area (Å²) in [6.45, 7) is 0. The molecule has 0 atom stereocenters. The van der Waals surface area contributed by atoms with Crippen molar-refractivity contribution < 1.29 is 18.1 Å². The summed E-state index contributed by atoms with van der Waals surface area (Å²) in [7, 11) is -2.59. The number of aromatic nitrogens is 1. The van der Waals surface area contributed by atoms with Crippen LogP contribution in [0.15, 0.2) is 71.9 Å². The van der Waals surface area contributed by atoms with Gasteiger partial charge in [0.2, 0.25) is 0 Å². The minimum Gasteiger partial charge on any atom is -0.494 e. The van der Waals surface area contributed by atoms with Crippen molar-refractivity contribution >= 4 is 21.4 Å². The highest BCUT2D eigenvalue weighted by Crippen LogP contribution is 2.31. The first-order chi connectivity index (χ1) is 12.9. The number of anilines is 1. The molecule has 0 aliphatic rings. The molecule has 1 N–H and O–H groups in total. The van der Waals surface area contributed by atoms with Crippen LogP contribution in [0.4, 0.5) is 11.4 Å². The van der Waals surface area contributed by atoms with Crippen LogP contribution in [-0.2, 0) is 10.0 Å². The molecule has 27 heavy (non-hydrogen) atoms. The molecule has 0 aliphatic heterocycles. The number of nitrogens with one attached hydrogen (secondary N) is 1. The summed E-state index contributed by atoms with van der Waals surface area (Å²) in [5.74, 6) is 0.0553. The summed E-state index contributed by atoms with van der Waals surface area (Å²) >= 11 is 0. The molecule has 1 aromatic heterocycles. The summed E-state index contributed by atoms with van der Waals surface area (Å²) in [6.07, 6.45) is 3.34. The molecule has 138 valence electrons. The van der Waals surface area contributed by atoms with E-state index in [1.54, 1.807) is 30.6 Å². The minimum absolute atomic E-state index is 0.0514. The van der Waals surface area contributed by atoms with E-state index in [4.69, 9.17) is 4.74 Å². The third-order valence-electron chi connectivity index (χ3n) is 3.80. The maximum atomic E-state index is 12.6. The number of hydrogen-bond acceptors (Lipinski definition) is 6. The number of hydrogen-bond donors (Lipinski definition) is 1. The van der Waals surface area contributed by atoms with Gasteiger partial charge < -0.3 is 4.74 Å². The number of pyridine rings is 1. The number of sulfonamides is 1. The summed E-state index contributed by atoms with van der Waals surface area (Å²) in [5.41, 5.74) is 1.61. The molecular weight excluding hydrogens is 370 g/mol. The smallest absolute Gasteiger partial charge is 0.273 e. The van der Waals surface area contributed by atoms with Gasteiger partial charge in [-0.1, -0.05) is 18.2 Å². The molecule has 0 amide bonds. The average molecular weight is 385 g/mol. The van der Waals surface area contributed by atoms with Crippen molar-refractivity contribution in [3.8, 4) is 16.9 Å². The van der Waals surface area contributed by atoms with Gasteiger partial charge in [0.25, 0.3) is 15.7 Å². The molecular formula is C18H15N3O5S. The first-order valence-corrected chi connectivity index (χ1v) is 9.25. The zero-order valence-corrected chi connectivity index (χ0v) is 15.0. The van der Waals surface area contributed by atoms with E-state index in [0.29, 0.717) is 0 Å². The molecule has 0 fully saturated rings. The lowest BCUT2D eigenvalue weighted by Crippen LogP contribution is -2.13. The Morgan fingerprint density at radius 2 is 1.81 bits per heavy atom. The van der Waals surface area contributed by atoms with Crippen LogP contribution < -0.4 is 9.46 Å². The molecule has 0 radical (unpaired) electrons. The molecule has 8 nitrogen and oxygen atoms in total. The summed E-state index contributed by atoms with van der Waals surface area (Å²) < 4.78 is 32.7. The fraction of sp³-hybridized carbons (Fsp3) is 0.0556. The zero-order chi connectivity index (χ0) is 19.4. The Labute approximate surface area is 155 Å². The maximum absolute atomic E-state index is 12.6. The number of benzene rings is 2. The standard InChI is InChI=1S/C18H15N3O5S/c1-26-18-11-15(21(22)23)6-9-17(18)20-27(24,25)16-7-4-13(5-8-16)14-3-2-10-19-12-14/h2-12,20H,1H3. The van der Waals surface area contributed by atoms with Crippen LogP contribution in [-0.4, -0.2) is 25.4 Å². The molecule has 0 bridgehead atoms. The van der Waals surface area contributed by atoms with E-state index in [0.717, 1.165) is 17.2 Å². The van der Waals surface area contributed by atoms with E-state index in [1.165, 1.54) is 31.4 Å². The van der Waals surface area contributed by atoms with Crippen molar-refractivity contribution in [3.63, 3.8) is 0 Å². The van der Waals surface area contributed by atoms with Crippen LogP contribution in [0.3, 0.4) is 0 Å². The number of methoxy groups -OCH3 is 1. The highest BCUT2D eigenvalue weighted by atomic mass is 32.2. The molecule has 2 aromatic carbocycles. The molecule has 0 saturated carbocycles. The van der Waals surface area contributed by atoms with E-state index in [2.05, 4.69) is 9.71 Å². The highest BCUT2D eigenvalue weighted by molar-refractivity contribution is 7.92. The van der Waals surface area contributed by atoms with Crippen molar-refractivity contribution in [3.05, 3.63) is 77.1 Å². The number of ether oxygens (including phenoxy) is 1. The van der Waals surface area contributed by atoms with E-state index < -0.39 is 14.9 Å². The third kappa shape index (κ3) is 4.04. The van der Waals surface area contributed by atoms with E-state index in [1.807, 2.05) is 6.07 Å². The Morgan fingerprint density at radius 3 is 2.41 bits per heavy atom. The fourth-order valence-corrected chi connectivity index (χ4v) is 3.51. The van der Waals surface area contributed by atoms with Crippen molar-refractivity contribution in [1.29, 1.82) is 0 Å². The van der Waals surface area contributed by atoms with Gasteiger partial charge in [-0.25, -0.2) is 8.42 Å². The largest absolute Gasteiger partial charge is 0.494 e. The molecule has 3 rings (SSSR count). The van der Waals surface area contributed by atoms with Gasteiger partial charge in [-0.3, -0.25) is 19.8 Å². The van der Waals surface area contributed by atoms with Crippen molar-refractivity contribution in [2.75, 3.05) is 11.8 Å². The first-order valence-electron chi connectivity index (χ1n) is 7.76. The Bertz CT molecular complexity index is 1070.